The van der Waals surface area contributed by atoms with Gasteiger partial charge in [-0.05, 0) is 35.2 Å². The molecule has 6 nitrogen and oxygen atoms in total. The molecule has 0 aliphatic heterocycles. The standard InChI is InChI=1S/C20H24N2O4S/c1-20(2,3)16-11-9-15(10-12-16)19(24)22-21-18(23)13-14-27(25,26)17-7-5-4-6-8-17/h4-12H,13-14H2,1-3H3,(H,21,23)(H,22,24). The molecule has 0 spiro atoms. The van der Waals surface area contributed by atoms with Crippen LogP contribution in [0.5, 0.6) is 0 Å². The van der Waals surface area contributed by atoms with E-state index in [1.165, 1.54) is 12.1 Å². The van der Waals surface area contributed by atoms with Gasteiger partial charge in [-0.3, -0.25) is 20.4 Å². The van der Waals surface area contributed by atoms with E-state index in [9.17, 15) is 18.0 Å². The van der Waals surface area contributed by atoms with Gasteiger partial charge < -0.3 is 0 Å². The molecule has 2 aromatic rings. The van der Waals surface area contributed by atoms with E-state index in [0.717, 1.165) is 5.56 Å². The minimum atomic E-state index is -3.54. The third-order valence-electron chi connectivity index (χ3n) is 4.03. The van der Waals surface area contributed by atoms with E-state index in [0.29, 0.717) is 5.56 Å². The molecular weight excluding hydrogens is 364 g/mol. The van der Waals surface area contributed by atoms with Crippen LogP contribution >= 0.6 is 0 Å². The first kappa shape index (κ1) is 20.6. The first-order valence-corrected chi connectivity index (χ1v) is 10.2. The molecule has 0 fully saturated rings. The molecule has 0 aromatic heterocycles. The maximum Gasteiger partial charge on any atom is 0.269 e. The van der Waals surface area contributed by atoms with Crippen molar-refractivity contribution >= 4 is 21.7 Å². The second-order valence-electron chi connectivity index (χ2n) is 7.21. The van der Waals surface area contributed by atoms with E-state index in [4.69, 9.17) is 0 Å². The van der Waals surface area contributed by atoms with Crippen LogP contribution in [0.3, 0.4) is 0 Å². The largest absolute Gasteiger partial charge is 0.273 e. The van der Waals surface area contributed by atoms with Crippen LogP contribution in [0.1, 0.15) is 43.1 Å². The Labute approximate surface area is 159 Å². The van der Waals surface area contributed by atoms with Crippen molar-refractivity contribution < 1.29 is 18.0 Å². The van der Waals surface area contributed by atoms with Gasteiger partial charge >= 0.3 is 0 Å². The first-order valence-electron chi connectivity index (χ1n) is 8.57. The van der Waals surface area contributed by atoms with Crippen LogP contribution in [-0.2, 0) is 20.0 Å². The van der Waals surface area contributed by atoms with Gasteiger partial charge in [-0.2, -0.15) is 0 Å². The van der Waals surface area contributed by atoms with E-state index in [-0.39, 0.29) is 22.5 Å². The Balaban J connectivity index is 1.85. The Kier molecular flexibility index (Phi) is 6.38. The monoisotopic (exact) mass is 388 g/mol. The number of hydrazine groups is 1. The maximum absolute atomic E-state index is 12.1. The fraction of sp³-hybridized carbons (Fsp3) is 0.300. The second-order valence-corrected chi connectivity index (χ2v) is 9.32. The lowest BCUT2D eigenvalue weighted by Gasteiger charge is -2.19. The predicted octanol–water partition coefficient (Wildman–Crippen LogP) is 2.61. The highest BCUT2D eigenvalue weighted by atomic mass is 32.2. The number of carbonyl (C=O) groups excluding carboxylic acids is 2. The topological polar surface area (TPSA) is 92.3 Å². The van der Waals surface area contributed by atoms with Gasteiger partial charge in [0.05, 0.1) is 10.6 Å². The molecule has 0 radical (unpaired) electrons. The molecule has 2 rings (SSSR count). The molecule has 0 atom stereocenters. The first-order chi connectivity index (χ1) is 12.6. The number of rotatable bonds is 5. The summed E-state index contributed by atoms with van der Waals surface area (Å²) in [5, 5.41) is 0. The lowest BCUT2D eigenvalue weighted by molar-refractivity contribution is -0.121. The Bertz CT molecular complexity index is 899. The third kappa shape index (κ3) is 5.92. The molecule has 0 unspecified atom stereocenters. The van der Waals surface area contributed by atoms with Crippen molar-refractivity contribution in [3.8, 4) is 0 Å². The summed E-state index contributed by atoms with van der Waals surface area (Å²) in [6.45, 7) is 6.23. The van der Waals surface area contributed by atoms with Crippen molar-refractivity contribution in [2.24, 2.45) is 0 Å². The lowest BCUT2D eigenvalue weighted by Crippen LogP contribution is -2.42. The number of amides is 2. The molecule has 0 aliphatic carbocycles. The van der Waals surface area contributed by atoms with E-state index < -0.39 is 21.7 Å². The van der Waals surface area contributed by atoms with Crippen LogP contribution in [0.25, 0.3) is 0 Å². The van der Waals surface area contributed by atoms with Crippen molar-refractivity contribution in [3.63, 3.8) is 0 Å². The molecule has 2 amide bonds. The molecular formula is C20H24N2O4S. The van der Waals surface area contributed by atoms with E-state index in [1.54, 1.807) is 30.3 Å². The van der Waals surface area contributed by atoms with E-state index in [1.807, 2.05) is 12.1 Å². The average Bonchev–Trinajstić information content (AvgIpc) is 2.64. The molecule has 0 aliphatic rings. The Morgan fingerprint density at radius 1 is 0.889 bits per heavy atom. The normalized spacial score (nSPS) is 11.7. The van der Waals surface area contributed by atoms with Gasteiger partial charge in [-0.1, -0.05) is 51.1 Å². The summed E-state index contributed by atoms with van der Waals surface area (Å²) in [6.07, 6.45) is -0.250. The molecule has 0 saturated heterocycles. The predicted molar refractivity (Wildman–Crippen MR) is 104 cm³/mol. The van der Waals surface area contributed by atoms with Crippen LogP contribution in [0, 0.1) is 0 Å². The van der Waals surface area contributed by atoms with Gasteiger partial charge in [0.25, 0.3) is 5.91 Å². The van der Waals surface area contributed by atoms with Gasteiger partial charge in [0.2, 0.25) is 5.91 Å². The summed E-state index contributed by atoms with van der Waals surface area (Å²) < 4.78 is 24.3. The minimum absolute atomic E-state index is 0.0204. The van der Waals surface area contributed by atoms with Gasteiger partial charge in [0.1, 0.15) is 0 Å². The highest BCUT2D eigenvalue weighted by molar-refractivity contribution is 7.91. The SMILES string of the molecule is CC(C)(C)c1ccc(C(=O)NNC(=O)CCS(=O)(=O)c2ccccc2)cc1. The molecule has 0 saturated carbocycles. The van der Waals surface area contributed by atoms with Gasteiger partial charge in [0, 0.05) is 12.0 Å². The zero-order valence-corrected chi connectivity index (χ0v) is 16.5. The summed E-state index contributed by atoms with van der Waals surface area (Å²) in [6, 6.07) is 15.0. The highest BCUT2D eigenvalue weighted by Crippen LogP contribution is 2.22. The van der Waals surface area contributed by atoms with Crippen LogP contribution in [0.2, 0.25) is 0 Å². The Morgan fingerprint density at radius 2 is 1.48 bits per heavy atom. The van der Waals surface area contributed by atoms with Crippen LogP contribution < -0.4 is 10.9 Å². The summed E-state index contributed by atoms with van der Waals surface area (Å²) in [5.41, 5.74) is 6.02. The van der Waals surface area contributed by atoms with E-state index >= 15 is 0 Å². The Hall–Kier alpha value is -2.67. The Morgan fingerprint density at radius 3 is 2.04 bits per heavy atom. The number of hydrogen-bond acceptors (Lipinski definition) is 4. The molecule has 2 N–H and O–H groups in total. The number of nitrogens with one attached hydrogen (secondary N) is 2. The van der Waals surface area contributed by atoms with E-state index in [2.05, 4.69) is 31.6 Å². The molecule has 2 aromatic carbocycles. The molecule has 144 valence electrons. The highest BCUT2D eigenvalue weighted by Gasteiger charge is 2.17. The van der Waals surface area contributed by atoms with Crippen LogP contribution in [0.15, 0.2) is 59.5 Å². The third-order valence-corrected chi connectivity index (χ3v) is 5.76. The second kappa shape index (κ2) is 8.35. The molecule has 7 heteroatoms. The number of hydrogen-bond donors (Lipinski definition) is 2. The van der Waals surface area contributed by atoms with Crippen molar-refractivity contribution in [2.75, 3.05) is 5.75 Å². The zero-order chi connectivity index (χ0) is 20.1. The summed E-state index contributed by atoms with van der Waals surface area (Å²) in [5.74, 6) is -1.37. The quantitative estimate of drug-likeness (QED) is 0.770. The van der Waals surface area contributed by atoms with Crippen LogP contribution in [-0.4, -0.2) is 26.0 Å². The number of benzene rings is 2. The maximum atomic E-state index is 12.1. The van der Waals surface area contributed by atoms with Gasteiger partial charge in [-0.25, -0.2) is 8.42 Å². The zero-order valence-electron chi connectivity index (χ0n) is 15.7. The van der Waals surface area contributed by atoms with Crippen molar-refractivity contribution in [1.82, 2.24) is 10.9 Å². The number of carbonyl (C=O) groups is 2. The van der Waals surface area contributed by atoms with Crippen LogP contribution in [0.4, 0.5) is 0 Å². The fourth-order valence-corrected chi connectivity index (χ4v) is 3.62. The van der Waals surface area contributed by atoms with Crippen molar-refractivity contribution in [2.45, 2.75) is 37.5 Å². The fourth-order valence-electron chi connectivity index (χ4n) is 2.36. The average molecular weight is 388 g/mol. The van der Waals surface area contributed by atoms with Gasteiger partial charge in [-0.15, -0.1) is 0 Å². The molecule has 0 heterocycles. The molecule has 27 heavy (non-hydrogen) atoms. The summed E-state index contributed by atoms with van der Waals surface area (Å²) >= 11 is 0. The van der Waals surface area contributed by atoms with Crippen molar-refractivity contribution in [3.05, 3.63) is 65.7 Å². The minimum Gasteiger partial charge on any atom is -0.273 e. The van der Waals surface area contributed by atoms with Crippen molar-refractivity contribution in [1.29, 1.82) is 0 Å². The number of sulfone groups is 1. The molecule has 0 bridgehead atoms. The lowest BCUT2D eigenvalue weighted by atomic mass is 9.87. The summed E-state index contributed by atoms with van der Waals surface area (Å²) in [4.78, 5) is 24.1. The smallest absolute Gasteiger partial charge is 0.269 e. The summed E-state index contributed by atoms with van der Waals surface area (Å²) in [7, 11) is -3.54. The van der Waals surface area contributed by atoms with Gasteiger partial charge in [0.15, 0.2) is 9.84 Å².